The Labute approximate surface area is 141 Å². The number of nitro benzene ring substituents is 1. The van der Waals surface area contributed by atoms with Crippen LogP contribution in [0.5, 0.6) is 0 Å². The third kappa shape index (κ3) is 3.49. The number of aryl methyl sites for hydroxylation is 2. The van der Waals surface area contributed by atoms with Gasteiger partial charge >= 0.3 is 0 Å². The highest BCUT2D eigenvalue weighted by Crippen LogP contribution is 2.29. The molecule has 0 radical (unpaired) electrons. The summed E-state index contributed by atoms with van der Waals surface area (Å²) in [7, 11) is 0. The predicted octanol–water partition coefficient (Wildman–Crippen LogP) is 4.57. The zero-order valence-electron chi connectivity index (χ0n) is 11.6. The maximum absolute atomic E-state index is 10.9. The van der Waals surface area contributed by atoms with E-state index in [0.29, 0.717) is 16.5 Å². The number of rotatable bonds is 4. The number of hydrogen-bond acceptors (Lipinski definition) is 4. The fourth-order valence-corrected chi connectivity index (χ4v) is 2.65. The summed E-state index contributed by atoms with van der Waals surface area (Å²) in [6.07, 6.45) is 1.73. The van der Waals surface area contributed by atoms with Crippen molar-refractivity contribution >= 4 is 39.9 Å². The summed E-state index contributed by atoms with van der Waals surface area (Å²) in [6, 6.07) is 4.66. The van der Waals surface area contributed by atoms with Gasteiger partial charge in [0.25, 0.3) is 5.69 Å². The van der Waals surface area contributed by atoms with Gasteiger partial charge in [-0.3, -0.25) is 10.1 Å². The summed E-state index contributed by atoms with van der Waals surface area (Å²) < 4.78 is 0.836. The largest absolute Gasteiger partial charge is 0.270 e. The minimum atomic E-state index is -0.426. The second-order valence-electron chi connectivity index (χ2n) is 4.61. The molecule has 0 spiro atoms. The molecule has 7 heteroatoms. The lowest BCUT2D eigenvalue weighted by molar-refractivity contribution is -0.384. The topological polar surface area (TPSA) is 68.9 Å². The summed E-state index contributed by atoms with van der Waals surface area (Å²) in [5.41, 5.74) is 2.41. The summed E-state index contributed by atoms with van der Waals surface area (Å²) >= 11 is 8.29. The van der Waals surface area contributed by atoms with Gasteiger partial charge in [0.2, 0.25) is 0 Å². The molecule has 0 amide bonds. The molecule has 0 saturated carbocycles. The van der Waals surface area contributed by atoms with Crippen molar-refractivity contribution in [1.82, 2.24) is 9.97 Å². The van der Waals surface area contributed by atoms with Gasteiger partial charge in [-0.15, -0.1) is 0 Å². The Morgan fingerprint density at radius 3 is 2.71 bits per heavy atom. The van der Waals surface area contributed by atoms with Crippen LogP contribution in [0.2, 0.25) is 5.15 Å². The lowest BCUT2D eigenvalue weighted by Crippen LogP contribution is -2.02. The van der Waals surface area contributed by atoms with Crippen molar-refractivity contribution in [2.24, 2.45) is 0 Å². The van der Waals surface area contributed by atoms with Crippen LogP contribution in [-0.2, 0) is 6.42 Å². The van der Waals surface area contributed by atoms with Crippen molar-refractivity contribution in [2.75, 3.05) is 0 Å². The van der Waals surface area contributed by atoms with Gasteiger partial charge in [-0.2, -0.15) is 0 Å². The monoisotopic (exact) mass is 417 g/mol. The summed E-state index contributed by atoms with van der Waals surface area (Å²) in [4.78, 5) is 19.3. The Balaban J connectivity index is 2.61. The molecule has 0 atom stereocenters. The third-order valence-electron chi connectivity index (χ3n) is 3.04. The first kappa shape index (κ1) is 16.1. The highest BCUT2D eigenvalue weighted by molar-refractivity contribution is 14.1. The molecular weight excluding hydrogens is 405 g/mol. The molecule has 1 aromatic heterocycles. The molecule has 1 aromatic carbocycles. The molecule has 0 bridgehead atoms. The van der Waals surface area contributed by atoms with E-state index in [1.54, 1.807) is 6.07 Å². The van der Waals surface area contributed by atoms with Crippen molar-refractivity contribution in [3.63, 3.8) is 0 Å². The van der Waals surface area contributed by atoms with Gasteiger partial charge in [-0.25, -0.2) is 9.97 Å². The lowest BCUT2D eigenvalue weighted by atomic mass is 10.1. The first-order valence-electron chi connectivity index (χ1n) is 6.41. The third-order valence-corrected chi connectivity index (χ3v) is 4.76. The van der Waals surface area contributed by atoms with E-state index in [1.807, 2.05) is 6.92 Å². The molecule has 110 valence electrons. The average Bonchev–Trinajstić information content (AvgIpc) is 2.44. The molecule has 1 heterocycles. The molecule has 5 nitrogen and oxygen atoms in total. The molecule has 0 aliphatic carbocycles. The van der Waals surface area contributed by atoms with Gasteiger partial charge in [-0.05, 0) is 41.5 Å². The molecule has 0 aliphatic rings. The Hall–Kier alpha value is -1.28. The highest BCUT2D eigenvalue weighted by Gasteiger charge is 2.16. The zero-order valence-corrected chi connectivity index (χ0v) is 14.5. The van der Waals surface area contributed by atoms with E-state index in [0.717, 1.165) is 27.7 Å². The minimum absolute atomic E-state index is 0.0194. The minimum Gasteiger partial charge on any atom is -0.258 e. The van der Waals surface area contributed by atoms with E-state index >= 15 is 0 Å². The number of aromatic nitrogens is 2. The Morgan fingerprint density at radius 2 is 2.10 bits per heavy atom. The average molecular weight is 418 g/mol. The van der Waals surface area contributed by atoms with Gasteiger partial charge in [0, 0.05) is 17.7 Å². The fourth-order valence-electron chi connectivity index (χ4n) is 1.95. The molecular formula is C14H13ClIN3O2. The second-order valence-corrected chi connectivity index (χ2v) is 6.04. The van der Waals surface area contributed by atoms with Gasteiger partial charge in [0.05, 0.1) is 14.2 Å². The Bertz CT molecular complexity index is 707. The highest BCUT2D eigenvalue weighted by atomic mass is 127. The second kappa shape index (κ2) is 6.65. The molecule has 0 unspecified atom stereocenters. The zero-order chi connectivity index (χ0) is 15.6. The normalized spacial score (nSPS) is 10.7. The number of non-ortho nitro benzene ring substituents is 1. The molecule has 0 N–H and O–H groups in total. The van der Waals surface area contributed by atoms with Crippen LogP contribution >= 0.6 is 34.2 Å². The first-order chi connectivity index (χ1) is 9.93. The van der Waals surface area contributed by atoms with Crippen LogP contribution in [0.25, 0.3) is 11.4 Å². The SMILES string of the molecule is CCCc1nc(-c2cc([N+](=O)[O-])ccc2C)nc(Cl)c1I. The van der Waals surface area contributed by atoms with Crippen LogP contribution < -0.4 is 0 Å². The van der Waals surface area contributed by atoms with Crippen LogP contribution in [0.15, 0.2) is 18.2 Å². The molecule has 2 rings (SSSR count). The molecule has 21 heavy (non-hydrogen) atoms. The van der Waals surface area contributed by atoms with Crippen molar-refractivity contribution in [2.45, 2.75) is 26.7 Å². The Morgan fingerprint density at radius 1 is 1.38 bits per heavy atom. The summed E-state index contributed by atoms with van der Waals surface area (Å²) in [6.45, 7) is 3.93. The first-order valence-corrected chi connectivity index (χ1v) is 7.87. The number of benzene rings is 1. The number of hydrogen-bond donors (Lipinski definition) is 0. The molecule has 0 aliphatic heterocycles. The Kier molecular flexibility index (Phi) is 5.10. The number of halogens is 2. The van der Waals surface area contributed by atoms with Gasteiger partial charge in [0.1, 0.15) is 5.15 Å². The molecule has 0 saturated heterocycles. The predicted molar refractivity (Wildman–Crippen MR) is 90.6 cm³/mol. The van der Waals surface area contributed by atoms with Crippen molar-refractivity contribution in [1.29, 1.82) is 0 Å². The van der Waals surface area contributed by atoms with E-state index in [2.05, 4.69) is 39.5 Å². The molecule has 0 fully saturated rings. The quantitative estimate of drug-likeness (QED) is 0.316. The van der Waals surface area contributed by atoms with E-state index in [9.17, 15) is 10.1 Å². The van der Waals surface area contributed by atoms with Crippen molar-refractivity contribution in [3.8, 4) is 11.4 Å². The van der Waals surface area contributed by atoms with Crippen molar-refractivity contribution < 1.29 is 4.92 Å². The van der Waals surface area contributed by atoms with E-state index in [-0.39, 0.29) is 5.69 Å². The molecule has 2 aromatic rings. The standard InChI is InChI=1S/C14H13ClIN3O2/c1-3-4-11-12(16)13(15)18-14(17-11)10-7-9(19(20)21)6-5-8(10)2/h5-7H,3-4H2,1-2H3. The van der Waals surface area contributed by atoms with Gasteiger partial charge in [-0.1, -0.05) is 31.0 Å². The summed E-state index contributed by atoms with van der Waals surface area (Å²) in [5.74, 6) is 0.435. The maximum atomic E-state index is 10.9. The van der Waals surface area contributed by atoms with Crippen LogP contribution in [-0.4, -0.2) is 14.9 Å². The number of nitrogens with zero attached hydrogens (tertiary/aromatic N) is 3. The van der Waals surface area contributed by atoms with Crippen LogP contribution in [0, 0.1) is 20.6 Å². The van der Waals surface area contributed by atoms with E-state index in [1.165, 1.54) is 12.1 Å². The van der Waals surface area contributed by atoms with E-state index in [4.69, 9.17) is 11.6 Å². The van der Waals surface area contributed by atoms with Crippen LogP contribution in [0.3, 0.4) is 0 Å². The fraction of sp³-hybridized carbons (Fsp3) is 0.286. The number of nitro groups is 1. The van der Waals surface area contributed by atoms with E-state index < -0.39 is 4.92 Å². The van der Waals surface area contributed by atoms with Gasteiger partial charge < -0.3 is 0 Å². The van der Waals surface area contributed by atoms with Crippen molar-refractivity contribution in [3.05, 3.63) is 48.3 Å². The van der Waals surface area contributed by atoms with Crippen LogP contribution in [0.4, 0.5) is 5.69 Å². The smallest absolute Gasteiger partial charge is 0.258 e. The lowest BCUT2D eigenvalue weighted by Gasteiger charge is -2.09. The van der Waals surface area contributed by atoms with Gasteiger partial charge in [0.15, 0.2) is 5.82 Å². The summed E-state index contributed by atoms with van der Waals surface area (Å²) in [5, 5.41) is 11.3. The maximum Gasteiger partial charge on any atom is 0.270 e. The van der Waals surface area contributed by atoms with Crippen LogP contribution in [0.1, 0.15) is 24.6 Å².